The molecule has 1 heterocycles. The molecule has 1 N–H and O–H groups in total. The van der Waals surface area contributed by atoms with Crippen LogP contribution in [0.4, 0.5) is 5.69 Å². The summed E-state index contributed by atoms with van der Waals surface area (Å²) in [4.78, 5) is 22.1. The van der Waals surface area contributed by atoms with Gasteiger partial charge in [0.2, 0.25) is 0 Å². The Morgan fingerprint density at radius 3 is 2.36 bits per heavy atom. The summed E-state index contributed by atoms with van der Waals surface area (Å²) in [6.45, 7) is 3.98. The SMILES string of the molecule is Cc1ccc(C)c(NC(=O)c2cccc3nc4ccccc4nc23)c1. The van der Waals surface area contributed by atoms with Gasteiger partial charge in [0.25, 0.3) is 5.91 Å². The molecule has 0 unspecified atom stereocenters. The molecule has 0 saturated carbocycles. The zero-order valence-corrected chi connectivity index (χ0v) is 14.1. The molecule has 0 aliphatic rings. The molecule has 4 heteroatoms. The maximum Gasteiger partial charge on any atom is 0.257 e. The van der Waals surface area contributed by atoms with Gasteiger partial charge in [0, 0.05) is 5.69 Å². The molecule has 122 valence electrons. The maximum absolute atomic E-state index is 12.8. The highest BCUT2D eigenvalue weighted by molar-refractivity contribution is 6.12. The number of hydrogen-bond acceptors (Lipinski definition) is 3. The van der Waals surface area contributed by atoms with Crippen LogP contribution >= 0.6 is 0 Å². The van der Waals surface area contributed by atoms with Crippen LogP contribution in [0.1, 0.15) is 21.5 Å². The minimum absolute atomic E-state index is 0.177. The summed E-state index contributed by atoms with van der Waals surface area (Å²) >= 11 is 0. The Hall–Kier alpha value is -3.27. The topological polar surface area (TPSA) is 54.9 Å². The number of nitrogens with one attached hydrogen (secondary N) is 1. The fourth-order valence-electron chi connectivity index (χ4n) is 2.89. The number of hydrogen-bond donors (Lipinski definition) is 1. The molecule has 4 aromatic rings. The second-order valence-electron chi connectivity index (χ2n) is 6.16. The standard InChI is InChI=1S/C21H17N3O/c1-13-10-11-14(2)19(12-13)24-21(25)15-6-5-9-18-20(15)23-17-8-4-3-7-16(17)22-18/h3-12H,1-2H3,(H,24,25). The van der Waals surface area contributed by atoms with Gasteiger partial charge in [-0.1, -0.05) is 30.3 Å². The molecule has 0 fully saturated rings. The Balaban J connectivity index is 1.81. The number of fused-ring (bicyclic) bond motifs is 2. The first-order valence-electron chi connectivity index (χ1n) is 8.16. The Morgan fingerprint density at radius 1 is 0.840 bits per heavy atom. The fraction of sp³-hybridized carbons (Fsp3) is 0.0952. The van der Waals surface area contributed by atoms with Crippen LogP contribution in [-0.2, 0) is 0 Å². The molecule has 1 amide bonds. The lowest BCUT2D eigenvalue weighted by molar-refractivity contribution is 0.102. The molecule has 0 bridgehead atoms. The van der Waals surface area contributed by atoms with Crippen molar-refractivity contribution in [3.8, 4) is 0 Å². The summed E-state index contributed by atoms with van der Waals surface area (Å²) < 4.78 is 0. The number of aromatic nitrogens is 2. The molecular weight excluding hydrogens is 310 g/mol. The highest BCUT2D eigenvalue weighted by Gasteiger charge is 2.14. The Bertz CT molecular complexity index is 1120. The number of anilines is 1. The van der Waals surface area contributed by atoms with Gasteiger partial charge in [-0.3, -0.25) is 4.79 Å². The molecule has 0 atom stereocenters. The molecule has 0 aliphatic carbocycles. The van der Waals surface area contributed by atoms with Crippen molar-refractivity contribution in [1.82, 2.24) is 9.97 Å². The summed E-state index contributed by atoms with van der Waals surface area (Å²) in [6, 6.07) is 19.2. The van der Waals surface area contributed by atoms with Crippen molar-refractivity contribution in [2.24, 2.45) is 0 Å². The fourth-order valence-corrected chi connectivity index (χ4v) is 2.89. The van der Waals surface area contributed by atoms with Crippen LogP contribution in [0.25, 0.3) is 22.1 Å². The van der Waals surface area contributed by atoms with E-state index in [2.05, 4.69) is 15.3 Å². The smallest absolute Gasteiger partial charge is 0.257 e. The van der Waals surface area contributed by atoms with E-state index in [1.165, 1.54) is 0 Å². The zero-order chi connectivity index (χ0) is 17.4. The molecule has 4 rings (SSSR count). The van der Waals surface area contributed by atoms with Gasteiger partial charge < -0.3 is 5.32 Å². The first-order chi connectivity index (χ1) is 12.1. The van der Waals surface area contributed by atoms with Crippen molar-refractivity contribution in [2.45, 2.75) is 13.8 Å². The molecule has 1 aromatic heterocycles. The predicted octanol–water partition coefficient (Wildman–Crippen LogP) is 4.65. The molecule has 0 aliphatic heterocycles. The number of rotatable bonds is 2. The van der Waals surface area contributed by atoms with Crippen molar-refractivity contribution < 1.29 is 4.79 Å². The van der Waals surface area contributed by atoms with Gasteiger partial charge in [0.15, 0.2) is 0 Å². The van der Waals surface area contributed by atoms with Crippen LogP contribution < -0.4 is 5.32 Å². The van der Waals surface area contributed by atoms with Crippen molar-refractivity contribution in [3.05, 3.63) is 77.4 Å². The number of carbonyl (C=O) groups is 1. The van der Waals surface area contributed by atoms with E-state index in [4.69, 9.17) is 0 Å². The van der Waals surface area contributed by atoms with Gasteiger partial charge in [-0.2, -0.15) is 0 Å². The maximum atomic E-state index is 12.8. The number of para-hydroxylation sites is 3. The van der Waals surface area contributed by atoms with Gasteiger partial charge in [0.05, 0.1) is 22.1 Å². The Kier molecular flexibility index (Phi) is 3.65. The van der Waals surface area contributed by atoms with Gasteiger partial charge in [-0.05, 0) is 55.3 Å². The lowest BCUT2D eigenvalue weighted by Gasteiger charge is -2.11. The molecule has 3 aromatic carbocycles. The predicted molar refractivity (Wildman–Crippen MR) is 101 cm³/mol. The molecule has 25 heavy (non-hydrogen) atoms. The largest absolute Gasteiger partial charge is 0.322 e. The van der Waals surface area contributed by atoms with E-state index in [9.17, 15) is 4.79 Å². The average Bonchev–Trinajstić information content (AvgIpc) is 2.62. The quantitative estimate of drug-likeness (QED) is 0.545. The molecule has 0 radical (unpaired) electrons. The second kappa shape index (κ2) is 5.98. The summed E-state index contributed by atoms with van der Waals surface area (Å²) in [7, 11) is 0. The van der Waals surface area contributed by atoms with Crippen molar-refractivity contribution in [1.29, 1.82) is 0 Å². The van der Waals surface area contributed by atoms with Crippen LogP contribution in [0.5, 0.6) is 0 Å². The first-order valence-corrected chi connectivity index (χ1v) is 8.16. The Labute approximate surface area is 145 Å². The van der Waals surface area contributed by atoms with Crippen molar-refractivity contribution >= 4 is 33.7 Å². The van der Waals surface area contributed by atoms with E-state index in [0.717, 1.165) is 27.8 Å². The minimum Gasteiger partial charge on any atom is -0.322 e. The monoisotopic (exact) mass is 327 g/mol. The third-order valence-electron chi connectivity index (χ3n) is 4.26. The number of carbonyl (C=O) groups excluding carboxylic acids is 1. The first kappa shape index (κ1) is 15.3. The summed E-state index contributed by atoms with van der Waals surface area (Å²) in [5.74, 6) is -0.177. The van der Waals surface area contributed by atoms with Gasteiger partial charge in [-0.25, -0.2) is 9.97 Å². The normalized spacial score (nSPS) is 11.0. The van der Waals surface area contributed by atoms with Gasteiger partial charge in [0.1, 0.15) is 5.52 Å². The van der Waals surface area contributed by atoms with Crippen molar-refractivity contribution in [3.63, 3.8) is 0 Å². The molecule has 0 saturated heterocycles. The van der Waals surface area contributed by atoms with E-state index in [0.29, 0.717) is 16.6 Å². The third-order valence-corrected chi connectivity index (χ3v) is 4.26. The van der Waals surface area contributed by atoms with E-state index in [1.54, 1.807) is 6.07 Å². The minimum atomic E-state index is -0.177. The Morgan fingerprint density at radius 2 is 1.56 bits per heavy atom. The van der Waals surface area contributed by atoms with E-state index in [1.807, 2.05) is 68.4 Å². The average molecular weight is 327 g/mol. The van der Waals surface area contributed by atoms with Crippen LogP contribution in [0, 0.1) is 13.8 Å². The lowest BCUT2D eigenvalue weighted by atomic mass is 10.1. The lowest BCUT2D eigenvalue weighted by Crippen LogP contribution is -2.14. The van der Waals surface area contributed by atoms with E-state index >= 15 is 0 Å². The van der Waals surface area contributed by atoms with Crippen LogP contribution in [-0.4, -0.2) is 15.9 Å². The van der Waals surface area contributed by atoms with E-state index < -0.39 is 0 Å². The van der Waals surface area contributed by atoms with Crippen LogP contribution in [0.2, 0.25) is 0 Å². The highest BCUT2D eigenvalue weighted by atomic mass is 16.1. The number of nitrogens with zero attached hydrogens (tertiary/aromatic N) is 2. The van der Waals surface area contributed by atoms with Crippen molar-refractivity contribution in [2.75, 3.05) is 5.32 Å². The van der Waals surface area contributed by atoms with Gasteiger partial charge >= 0.3 is 0 Å². The third kappa shape index (κ3) is 2.83. The second-order valence-corrected chi connectivity index (χ2v) is 6.16. The summed E-state index contributed by atoms with van der Waals surface area (Å²) in [5, 5.41) is 3.00. The highest BCUT2D eigenvalue weighted by Crippen LogP contribution is 2.22. The van der Waals surface area contributed by atoms with Gasteiger partial charge in [-0.15, -0.1) is 0 Å². The number of amides is 1. The number of benzene rings is 3. The van der Waals surface area contributed by atoms with Crippen LogP contribution in [0.15, 0.2) is 60.7 Å². The van der Waals surface area contributed by atoms with Crippen LogP contribution in [0.3, 0.4) is 0 Å². The summed E-state index contributed by atoms with van der Waals surface area (Å²) in [6.07, 6.45) is 0. The molecule has 0 spiro atoms. The number of aryl methyl sites for hydroxylation is 2. The van der Waals surface area contributed by atoms with E-state index in [-0.39, 0.29) is 5.91 Å². The summed E-state index contributed by atoms with van der Waals surface area (Å²) in [5.41, 5.74) is 6.40. The molecular formula is C21H17N3O. The molecule has 4 nitrogen and oxygen atoms in total. The zero-order valence-electron chi connectivity index (χ0n) is 14.1.